The Bertz CT molecular complexity index is 873. The average Bonchev–Trinajstić information content (AvgIpc) is 2.68. The maximum atomic E-state index is 12.7. The number of carbonyl (C=O) groups excluding carboxylic acids is 2. The molecule has 1 saturated heterocycles. The molecule has 7 nitrogen and oxygen atoms in total. The van der Waals surface area contributed by atoms with Gasteiger partial charge in [0.2, 0.25) is 5.91 Å². The van der Waals surface area contributed by atoms with Crippen molar-refractivity contribution in [3.8, 4) is 0 Å². The molecule has 0 radical (unpaired) electrons. The third-order valence-corrected chi connectivity index (χ3v) is 4.83. The largest absolute Gasteiger partial charge is 0.338 e. The summed E-state index contributed by atoms with van der Waals surface area (Å²) in [5.74, 6) is -0.807. The molecule has 3 rings (SSSR count). The number of likely N-dealkylation sites (tertiary alicyclic amines) is 1. The number of carbonyl (C=O) groups is 2. The van der Waals surface area contributed by atoms with Crippen molar-refractivity contribution < 1.29 is 14.5 Å². The fourth-order valence-electron chi connectivity index (χ4n) is 3.11. The number of nitro groups is 1. The molecule has 0 aliphatic carbocycles. The Hall–Kier alpha value is -2.93. The highest BCUT2D eigenvalue weighted by Gasteiger charge is 2.29. The highest BCUT2D eigenvalue weighted by molar-refractivity contribution is 6.32. The number of hydrogen-bond donors (Lipinski definition) is 1. The van der Waals surface area contributed by atoms with Crippen molar-refractivity contribution in [1.29, 1.82) is 0 Å². The normalized spacial score (nSPS) is 16.6. The van der Waals surface area contributed by atoms with Crippen LogP contribution in [0, 0.1) is 16.0 Å². The number of anilines is 1. The Labute approximate surface area is 161 Å². The standard InChI is InChI=1S/C19H18ClN3O4/c20-16-9-8-13(11-17(16)23(26)27)19(25)22-10-4-5-14(12-22)18(24)21-15-6-2-1-3-7-15/h1-3,6-9,11,14H,4-5,10,12H2,(H,21,24). The first-order valence-electron chi connectivity index (χ1n) is 8.55. The van der Waals surface area contributed by atoms with Gasteiger partial charge in [0, 0.05) is 30.4 Å². The van der Waals surface area contributed by atoms with E-state index in [2.05, 4.69) is 5.32 Å². The number of piperidine rings is 1. The molecule has 1 aliphatic rings. The summed E-state index contributed by atoms with van der Waals surface area (Å²) in [6.07, 6.45) is 1.37. The van der Waals surface area contributed by atoms with Gasteiger partial charge in [0.1, 0.15) is 5.02 Å². The van der Waals surface area contributed by atoms with Crippen LogP contribution in [0.4, 0.5) is 11.4 Å². The highest BCUT2D eigenvalue weighted by atomic mass is 35.5. The first-order chi connectivity index (χ1) is 13.0. The molecular formula is C19H18ClN3O4. The third-order valence-electron chi connectivity index (χ3n) is 4.51. The lowest BCUT2D eigenvalue weighted by Crippen LogP contribution is -2.43. The second kappa shape index (κ2) is 8.18. The van der Waals surface area contributed by atoms with Gasteiger partial charge in [-0.1, -0.05) is 29.8 Å². The Morgan fingerprint density at radius 3 is 2.63 bits per heavy atom. The van der Waals surface area contributed by atoms with Crippen LogP contribution in [0.3, 0.4) is 0 Å². The molecule has 1 fully saturated rings. The van der Waals surface area contributed by atoms with Crippen molar-refractivity contribution >= 4 is 34.8 Å². The van der Waals surface area contributed by atoms with Crippen LogP contribution in [0.25, 0.3) is 0 Å². The van der Waals surface area contributed by atoms with Crippen LogP contribution in [-0.2, 0) is 4.79 Å². The van der Waals surface area contributed by atoms with Gasteiger partial charge in [-0.3, -0.25) is 19.7 Å². The van der Waals surface area contributed by atoms with E-state index in [-0.39, 0.29) is 40.6 Å². The fourth-order valence-corrected chi connectivity index (χ4v) is 3.30. The lowest BCUT2D eigenvalue weighted by atomic mass is 9.96. The highest BCUT2D eigenvalue weighted by Crippen LogP contribution is 2.27. The number of nitro benzene ring substituents is 1. The molecule has 1 aliphatic heterocycles. The molecule has 8 heteroatoms. The van der Waals surface area contributed by atoms with Crippen molar-refractivity contribution in [2.75, 3.05) is 18.4 Å². The van der Waals surface area contributed by atoms with Gasteiger partial charge in [0.15, 0.2) is 0 Å². The van der Waals surface area contributed by atoms with E-state index in [0.717, 1.165) is 0 Å². The van der Waals surface area contributed by atoms with E-state index in [9.17, 15) is 19.7 Å². The maximum absolute atomic E-state index is 12.7. The fraction of sp³-hybridized carbons (Fsp3) is 0.263. The van der Waals surface area contributed by atoms with Gasteiger partial charge in [-0.05, 0) is 37.1 Å². The van der Waals surface area contributed by atoms with Crippen LogP contribution < -0.4 is 5.32 Å². The first kappa shape index (κ1) is 18.8. The second-order valence-electron chi connectivity index (χ2n) is 6.37. The smallest absolute Gasteiger partial charge is 0.288 e. The van der Waals surface area contributed by atoms with E-state index in [4.69, 9.17) is 11.6 Å². The molecule has 0 bridgehead atoms. The summed E-state index contributed by atoms with van der Waals surface area (Å²) in [5, 5.41) is 13.9. The molecule has 2 aromatic rings. The third kappa shape index (κ3) is 4.43. The molecule has 2 amide bonds. The van der Waals surface area contributed by atoms with Gasteiger partial charge in [0.05, 0.1) is 10.8 Å². The summed E-state index contributed by atoms with van der Waals surface area (Å²) in [5.41, 5.74) is 0.590. The van der Waals surface area contributed by atoms with Crippen LogP contribution in [0.15, 0.2) is 48.5 Å². The number of nitrogens with one attached hydrogen (secondary N) is 1. The quantitative estimate of drug-likeness (QED) is 0.638. The molecule has 1 atom stereocenters. The van der Waals surface area contributed by atoms with Crippen LogP contribution >= 0.6 is 11.6 Å². The molecular weight excluding hydrogens is 370 g/mol. The van der Waals surface area contributed by atoms with Gasteiger partial charge in [-0.2, -0.15) is 0 Å². The summed E-state index contributed by atoms with van der Waals surface area (Å²) >= 11 is 5.80. The number of halogens is 1. The van der Waals surface area contributed by atoms with Crippen molar-refractivity contribution in [1.82, 2.24) is 4.90 Å². The maximum Gasteiger partial charge on any atom is 0.288 e. The topological polar surface area (TPSA) is 92.6 Å². The summed E-state index contributed by atoms with van der Waals surface area (Å²) < 4.78 is 0. The van der Waals surface area contributed by atoms with Crippen LogP contribution in [0.2, 0.25) is 5.02 Å². The minimum atomic E-state index is -0.620. The Morgan fingerprint density at radius 1 is 1.19 bits per heavy atom. The van der Waals surface area contributed by atoms with E-state index in [1.54, 1.807) is 17.0 Å². The van der Waals surface area contributed by atoms with E-state index in [1.165, 1.54) is 18.2 Å². The zero-order valence-electron chi connectivity index (χ0n) is 14.4. The Kier molecular flexibility index (Phi) is 5.71. The number of nitrogens with zero attached hydrogens (tertiary/aromatic N) is 2. The Morgan fingerprint density at radius 2 is 1.93 bits per heavy atom. The summed E-state index contributed by atoms with van der Waals surface area (Å²) in [6, 6.07) is 13.1. The molecule has 1 heterocycles. The minimum absolute atomic E-state index is 0.0182. The average molecular weight is 388 g/mol. The van der Waals surface area contributed by atoms with Gasteiger partial charge >= 0.3 is 0 Å². The van der Waals surface area contributed by atoms with E-state index < -0.39 is 4.92 Å². The lowest BCUT2D eigenvalue weighted by Gasteiger charge is -2.32. The number of amides is 2. The van der Waals surface area contributed by atoms with Crippen LogP contribution in [-0.4, -0.2) is 34.7 Å². The summed E-state index contributed by atoms with van der Waals surface area (Å²) in [7, 11) is 0. The van der Waals surface area contributed by atoms with Crippen LogP contribution in [0.1, 0.15) is 23.2 Å². The van der Waals surface area contributed by atoms with Gasteiger partial charge in [0.25, 0.3) is 11.6 Å². The molecule has 2 aromatic carbocycles. The molecule has 0 aromatic heterocycles. The van der Waals surface area contributed by atoms with Crippen molar-refractivity contribution in [3.05, 3.63) is 69.2 Å². The molecule has 27 heavy (non-hydrogen) atoms. The lowest BCUT2D eigenvalue weighted by molar-refractivity contribution is -0.384. The zero-order valence-corrected chi connectivity index (χ0v) is 15.2. The summed E-state index contributed by atoms with van der Waals surface area (Å²) in [4.78, 5) is 37.2. The van der Waals surface area contributed by atoms with Gasteiger partial charge < -0.3 is 10.2 Å². The number of benzene rings is 2. The molecule has 1 N–H and O–H groups in total. The van der Waals surface area contributed by atoms with Crippen molar-refractivity contribution in [2.45, 2.75) is 12.8 Å². The van der Waals surface area contributed by atoms with Crippen LogP contribution in [0.5, 0.6) is 0 Å². The van der Waals surface area contributed by atoms with E-state index in [0.29, 0.717) is 25.1 Å². The molecule has 0 spiro atoms. The zero-order chi connectivity index (χ0) is 19.4. The Balaban J connectivity index is 1.70. The monoisotopic (exact) mass is 387 g/mol. The second-order valence-corrected chi connectivity index (χ2v) is 6.78. The summed E-state index contributed by atoms with van der Waals surface area (Å²) in [6.45, 7) is 0.776. The molecule has 1 unspecified atom stereocenters. The predicted octanol–water partition coefficient (Wildman–Crippen LogP) is 3.74. The number of para-hydroxylation sites is 1. The molecule has 0 saturated carbocycles. The van der Waals surface area contributed by atoms with Gasteiger partial charge in [-0.25, -0.2) is 0 Å². The van der Waals surface area contributed by atoms with Gasteiger partial charge in [-0.15, -0.1) is 0 Å². The van der Waals surface area contributed by atoms with Crippen molar-refractivity contribution in [3.63, 3.8) is 0 Å². The van der Waals surface area contributed by atoms with E-state index in [1.807, 2.05) is 18.2 Å². The minimum Gasteiger partial charge on any atom is -0.338 e. The van der Waals surface area contributed by atoms with Crippen molar-refractivity contribution in [2.24, 2.45) is 5.92 Å². The predicted molar refractivity (Wildman–Crippen MR) is 102 cm³/mol. The SMILES string of the molecule is O=C(Nc1ccccc1)C1CCCN(C(=O)c2ccc(Cl)c([N+](=O)[O-])c2)C1. The number of hydrogen-bond acceptors (Lipinski definition) is 4. The molecule has 140 valence electrons. The van der Waals surface area contributed by atoms with E-state index >= 15 is 0 Å². The number of rotatable bonds is 4. The first-order valence-corrected chi connectivity index (χ1v) is 8.92.